The van der Waals surface area contributed by atoms with Gasteiger partial charge in [0.1, 0.15) is 5.41 Å². The first kappa shape index (κ1) is 24.9. The first-order valence-corrected chi connectivity index (χ1v) is 12.5. The van der Waals surface area contributed by atoms with E-state index in [9.17, 15) is 9.59 Å². The third-order valence-corrected chi connectivity index (χ3v) is 7.71. The molecule has 2 unspecified atom stereocenters. The normalized spacial score (nSPS) is 31.1. The van der Waals surface area contributed by atoms with Crippen molar-refractivity contribution in [2.24, 2.45) is 5.92 Å². The Bertz CT molecular complexity index is 1300. The van der Waals surface area contributed by atoms with Gasteiger partial charge in [-0.3, -0.25) is 9.59 Å². The van der Waals surface area contributed by atoms with Gasteiger partial charge in [0.15, 0.2) is 5.83 Å². The third kappa shape index (κ3) is 3.76. The van der Waals surface area contributed by atoms with Gasteiger partial charge in [0, 0.05) is 28.1 Å². The Morgan fingerprint density at radius 2 is 1.92 bits per heavy atom. The summed E-state index contributed by atoms with van der Waals surface area (Å²) in [5.41, 5.74) is 0.122. The Morgan fingerprint density at radius 1 is 1.14 bits per heavy atom. The number of anilines is 1. The van der Waals surface area contributed by atoms with Gasteiger partial charge in [0.2, 0.25) is 11.8 Å². The largest absolute Gasteiger partial charge is 0.351 e. The van der Waals surface area contributed by atoms with Gasteiger partial charge in [-0.25, -0.2) is 8.78 Å². The molecule has 0 bridgehead atoms. The lowest BCUT2D eigenvalue weighted by molar-refractivity contribution is -0.172. The Morgan fingerprint density at radius 3 is 2.67 bits per heavy atom. The maximum absolute atomic E-state index is 16.5. The summed E-state index contributed by atoms with van der Waals surface area (Å²) in [6.45, 7) is 1.73. The van der Waals surface area contributed by atoms with Gasteiger partial charge in [-0.1, -0.05) is 60.5 Å². The number of allylic oxidation sites excluding steroid dienone is 2. The zero-order chi connectivity index (χ0) is 25.7. The highest BCUT2D eigenvalue weighted by Gasteiger charge is 2.66. The second-order valence-electron chi connectivity index (χ2n) is 9.29. The molecule has 1 aliphatic carbocycles. The molecular formula is C27H24Cl2F2N2O3. The quantitative estimate of drug-likeness (QED) is 0.497. The number of amides is 2. The third-order valence-electron chi connectivity index (χ3n) is 7.24. The summed E-state index contributed by atoms with van der Waals surface area (Å²) in [7, 11) is 0. The SMILES string of the molecule is CCCOC1(F)C(F)=CC=CC1[C@@H]1NC(=O)C[C@H](c2cccc(Cl)c2)[C@@]12C(=O)Nc1cc(Cl)ccc12. The smallest absolute Gasteiger partial charge is 0.270 e. The van der Waals surface area contributed by atoms with Crippen molar-refractivity contribution in [2.45, 2.75) is 43.0 Å². The van der Waals surface area contributed by atoms with Crippen molar-refractivity contribution in [2.75, 3.05) is 11.9 Å². The van der Waals surface area contributed by atoms with Crippen molar-refractivity contribution >= 4 is 40.7 Å². The average Bonchev–Trinajstić information content (AvgIpc) is 3.12. The number of hydrogen-bond acceptors (Lipinski definition) is 3. The molecule has 5 nitrogen and oxygen atoms in total. The molecule has 1 saturated heterocycles. The van der Waals surface area contributed by atoms with E-state index in [-0.39, 0.29) is 13.0 Å². The van der Waals surface area contributed by atoms with E-state index < -0.39 is 46.8 Å². The van der Waals surface area contributed by atoms with Gasteiger partial charge in [-0.15, -0.1) is 0 Å². The number of rotatable bonds is 5. The van der Waals surface area contributed by atoms with Crippen LogP contribution in [0.3, 0.4) is 0 Å². The molecule has 5 rings (SSSR count). The van der Waals surface area contributed by atoms with Crippen LogP contribution in [0.15, 0.2) is 66.5 Å². The maximum atomic E-state index is 16.5. The zero-order valence-corrected chi connectivity index (χ0v) is 20.9. The van der Waals surface area contributed by atoms with Crippen LogP contribution in [-0.4, -0.2) is 30.3 Å². The van der Waals surface area contributed by atoms with Crippen LogP contribution in [0.5, 0.6) is 0 Å². The number of nitrogens with one attached hydrogen (secondary N) is 2. The molecule has 0 radical (unpaired) electrons. The molecule has 2 N–H and O–H groups in total. The van der Waals surface area contributed by atoms with Crippen LogP contribution >= 0.6 is 23.2 Å². The Kier molecular flexibility index (Phi) is 6.43. The number of fused-ring (bicyclic) bond motifs is 2. The summed E-state index contributed by atoms with van der Waals surface area (Å²) in [4.78, 5) is 27.1. The highest BCUT2D eigenvalue weighted by molar-refractivity contribution is 6.31. The summed E-state index contributed by atoms with van der Waals surface area (Å²) >= 11 is 12.5. The topological polar surface area (TPSA) is 67.4 Å². The number of carbonyl (C=O) groups is 2. The van der Waals surface area contributed by atoms with E-state index in [1.807, 2.05) is 0 Å². The maximum Gasteiger partial charge on any atom is 0.270 e. The number of carbonyl (C=O) groups excluding carboxylic acids is 2. The predicted octanol–water partition coefficient (Wildman–Crippen LogP) is 5.99. The zero-order valence-electron chi connectivity index (χ0n) is 19.4. The number of halogens is 4. The summed E-state index contributed by atoms with van der Waals surface area (Å²) in [5, 5.41) is 6.55. The monoisotopic (exact) mass is 532 g/mol. The number of piperidine rings is 1. The van der Waals surface area contributed by atoms with Gasteiger partial charge >= 0.3 is 0 Å². The Hall–Kier alpha value is -2.74. The van der Waals surface area contributed by atoms with Crippen molar-refractivity contribution in [3.8, 4) is 0 Å². The lowest BCUT2D eigenvalue weighted by Crippen LogP contribution is -2.67. The molecule has 188 valence electrons. The molecule has 2 amide bonds. The number of ether oxygens (including phenoxy) is 1. The molecule has 2 aromatic rings. The summed E-state index contributed by atoms with van der Waals surface area (Å²) in [6.07, 6.45) is 4.22. The van der Waals surface area contributed by atoms with Crippen LogP contribution in [0, 0.1) is 5.92 Å². The Balaban J connectivity index is 1.76. The van der Waals surface area contributed by atoms with E-state index in [1.54, 1.807) is 49.4 Å². The minimum atomic E-state index is -2.87. The minimum Gasteiger partial charge on any atom is -0.351 e. The molecule has 1 spiro atoms. The summed E-state index contributed by atoms with van der Waals surface area (Å²) in [6, 6.07) is 10.6. The second-order valence-corrected chi connectivity index (χ2v) is 10.2. The lowest BCUT2D eigenvalue weighted by Gasteiger charge is -2.51. The summed E-state index contributed by atoms with van der Waals surface area (Å²) < 4.78 is 37.0. The molecule has 5 atom stereocenters. The van der Waals surface area contributed by atoms with E-state index in [4.69, 9.17) is 27.9 Å². The van der Waals surface area contributed by atoms with Crippen molar-refractivity contribution in [3.63, 3.8) is 0 Å². The van der Waals surface area contributed by atoms with Crippen molar-refractivity contribution in [1.29, 1.82) is 0 Å². The van der Waals surface area contributed by atoms with E-state index in [0.717, 1.165) is 6.08 Å². The van der Waals surface area contributed by atoms with Crippen molar-refractivity contribution in [1.82, 2.24) is 5.32 Å². The molecule has 0 aromatic heterocycles. The van der Waals surface area contributed by atoms with Crippen LogP contribution in [-0.2, 0) is 19.7 Å². The average molecular weight is 533 g/mol. The predicted molar refractivity (Wildman–Crippen MR) is 134 cm³/mol. The van der Waals surface area contributed by atoms with Crippen LogP contribution in [0.25, 0.3) is 0 Å². The number of hydrogen-bond donors (Lipinski definition) is 2. The van der Waals surface area contributed by atoms with Crippen LogP contribution in [0.2, 0.25) is 10.0 Å². The van der Waals surface area contributed by atoms with Gasteiger partial charge < -0.3 is 15.4 Å². The second kappa shape index (κ2) is 9.29. The van der Waals surface area contributed by atoms with Crippen molar-refractivity contribution in [3.05, 3.63) is 87.7 Å². The molecule has 9 heteroatoms. The fourth-order valence-corrected chi connectivity index (χ4v) is 6.14. The van der Waals surface area contributed by atoms with Crippen LogP contribution < -0.4 is 10.6 Å². The fourth-order valence-electron chi connectivity index (χ4n) is 5.77. The molecule has 2 heterocycles. The first-order valence-electron chi connectivity index (χ1n) is 11.8. The Labute approximate surface area is 217 Å². The molecule has 0 saturated carbocycles. The molecule has 36 heavy (non-hydrogen) atoms. The molecule has 2 aliphatic heterocycles. The van der Waals surface area contributed by atoms with Gasteiger partial charge in [0.25, 0.3) is 5.85 Å². The highest BCUT2D eigenvalue weighted by atomic mass is 35.5. The van der Waals surface area contributed by atoms with E-state index >= 15 is 8.78 Å². The van der Waals surface area contributed by atoms with E-state index in [0.29, 0.717) is 33.3 Å². The number of alkyl halides is 1. The molecular weight excluding hydrogens is 509 g/mol. The molecule has 3 aliphatic rings. The van der Waals surface area contributed by atoms with E-state index in [2.05, 4.69) is 10.6 Å². The van der Waals surface area contributed by atoms with Crippen LogP contribution in [0.4, 0.5) is 14.5 Å². The standard InChI is InChI=1S/C27H24Cl2F2N2O3/c1-2-11-36-27(31)19(7-4-8-22(27)30)24-26(18-10-9-17(29)13-21(18)32-25(26)35)20(14-23(34)33-24)15-5-3-6-16(28)12-15/h3-10,12-13,19-20,24H,2,11,14H2,1H3,(H,32,35)(H,33,34)/t19?,20-,24+,26-,27?/m1/s1. The van der Waals surface area contributed by atoms with E-state index in [1.165, 1.54) is 12.2 Å². The highest BCUT2D eigenvalue weighted by Crippen LogP contribution is 2.57. The van der Waals surface area contributed by atoms with Crippen LogP contribution in [0.1, 0.15) is 36.8 Å². The summed E-state index contributed by atoms with van der Waals surface area (Å²) in [5.74, 6) is -6.90. The van der Waals surface area contributed by atoms with Gasteiger partial charge in [-0.2, -0.15) is 0 Å². The van der Waals surface area contributed by atoms with Crippen molar-refractivity contribution < 1.29 is 23.1 Å². The lowest BCUT2D eigenvalue weighted by atomic mass is 9.57. The number of benzene rings is 2. The molecule has 1 fully saturated rings. The van der Waals surface area contributed by atoms with Gasteiger partial charge in [-0.05, 0) is 47.9 Å². The minimum absolute atomic E-state index is 0.0497. The first-order chi connectivity index (χ1) is 17.2. The van der Waals surface area contributed by atoms with Gasteiger partial charge in [0.05, 0.1) is 18.6 Å². The fraction of sp³-hybridized carbons (Fsp3) is 0.333. The molecule has 2 aromatic carbocycles.